The van der Waals surface area contributed by atoms with Crippen LogP contribution in [0.15, 0.2) is 18.3 Å². The monoisotopic (exact) mass is 550 g/mol. The lowest BCUT2D eigenvalue weighted by Gasteiger charge is -2.16. The minimum absolute atomic E-state index is 0.0452. The molecule has 1 fully saturated rings. The third-order valence-corrected chi connectivity index (χ3v) is 7.39. The van der Waals surface area contributed by atoms with E-state index in [-0.39, 0.29) is 29.5 Å². The third kappa shape index (κ3) is 5.32. The number of ether oxygens (including phenoxy) is 1. The molecule has 3 aromatic heterocycles. The van der Waals surface area contributed by atoms with Crippen molar-refractivity contribution in [2.24, 2.45) is 0 Å². The fraction of sp³-hybridized carbons (Fsp3) is 0.370. The van der Waals surface area contributed by atoms with Gasteiger partial charge in [-0.1, -0.05) is 11.6 Å². The second kappa shape index (κ2) is 11.0. The van der Waals surface area contributed by atoms with Crippen LogP contribution in [0.4, 0.5) is 11.8 Å². The number of nitrogens with two attached hydrogens (primary N) is 1. The molecule has 0 aliphatic carbocycles. The standard InChI is InChI=1S/C27H31ClN8O3/c1-15-20(32-16(2)21(15)25(37)31-8-11-35-9-4-5-10-35)13-19-22-23(28)33-27(29)34-24(22)36(26(19)38)14-17-12-18(39-3)6-7-30-17/h6-7,12-13,32H,4-5,8-11,14H2,1-3H3,(H,31,37)(H2,29,33,34)/b19-13-. The minimum Gasteiger partial charge on any atom is -0.497 e. The number of halogens is 1. The summed E-state index contributed by atoms with van der Waals surface area (Å²) in [5, 5.41) is 3.10. The van der Waals surface area contributed by atoms with E-state index in [0.29, 0.717) is 51.9 Å². The number of hydrogen-bond acceptors (Lipinski definition) is 8. The Morgan fingerprint density at radius 1 is 1.28 bits per heavy atom. The summed E-state index contributed by atoms with van der Waals surface area (Å²) in [5.41, 5.74) is 9.78. The Bertz CT molecular complexity index is 1460. The summed E-state index contributed by atoms with van der Waals surface area (Å²) in [6, 6.07) is 3.47. The number of hydrogen-bond donors (Lipinski definition) is 3. The Labute approximate surface area is 231 Å². The van der Waals surface area contributed by atoms with Crippen LogP contribution in [0.2, 0.25) is 5.15 Å². The van der Waals surface area contributed by atoms with Gasteiger partial charge in [-0.15, -0.1) is 0 Å². The molecule has 11 nitrogen and oxygen atoms in total. The molecule has 12 heteroatoms. The average Bonchev–Trinajstić information content (AvgIpc) is 3.58. The van der Waals surface area contributed by atoms with Crippen molar-refractivity contribution in [3.63, 3.8) is 0 Å². The van der Waals surface area contributed by atoms with E-state index < -0.39 is 0 Å². The maximum absolute atomic E-state index is 13.7. The van der Waals surface area contributed by atoms with E-state index in [9.17, 15) is 9.59 Å². The molecule has 1 saturated heterocycles. The highest BCUT2D eigenvalue weighted by molar-refractivity contribution is 6.41. The van der Waals surface area contributed by atoms with Crippen LogP contribution in [-0.4, -0.2) is 69.9 Å². The number of likely N-dealkylation sites (tertiary alicyclic amines) is 1. The van der Waals surface area contributed by atoms with Crippen molar-refractivity contribution in [3.8, 4) is 5.75 Å². The van der Waals surface area contributed by atoms with Crippen molar-refractivity contribution in [1.82, 2.24) is 30.2 Å². The minimum atomic E-state index is -0.334. The molecule has 2 aliphatic heterocycles. The first-order valence-corrected chi connectivity index (χ1v) is 13.2. The summed E-state index contributed by atoms with van der Waals surface area (Å²) in [6.07, 6.45) is 5.71. The molecular formula is C27H31ClN8O3. The van der Waals surface area contributed by atoms with Crippen molar-refractivity contribution in [3.05, 3.63) is 57.3 Å². The van der Waals surface area contributed by atoms with Crippen molar-refractivity contribution >= 4 is 46.8 Å². The van der Waals surface area contributed by atoms with Crippen LogP contribution in [0.25, 0.3) is 11.6 Å². The smallest absolute Gasteiger partial charge is 0.260 e. The normalized spacial score (nSPS) is 16.3. The van der Waals surface area contributed by atoms with E-state index in [0.717, 1.165) is 25.2 Å². The molecule has 5 rings (SSSR count). The number of pyridine rings is 1. The zero-order chi connectivity index (χ0) is 27.7. The fourth-order valence-corrected chi connectivity index (χ4v) is 5.42. The summed E-state index contributed by atoms with van der Waals surface area (Å²) in [4.78, 5) is 46.6. The molecule has 2 aliphatic rings. The number of aromatic amines is 1. The zero-order valence-corrected chi connectivity index (χ0v) is 22.9. The molecule has 0 spiro atoms. The number of nitrogens with one attached hydrogen (secondary N) is 2. The number of aromatic nitrogens is 4. The van der Waals surface area contributed by atoms with Crippen LogP contribution in [-0.2, 0) is 11.3 Å². The first-order chi connectivity index (χ1) is 18.8. The van der Waals surface area contributed by atoms with Gasteiger partial charge < -0.3 is 25.7 Å². The molecule has 2 amide bonds. The van der Waals surface area contributed by atoms with Gasteiger partial charge in [0.2, 0.25) is 5.95 Å². The summed E-state index contributed by atoms with van der Waals surface area (Å²) in [5.74, 6) is 0.389. The van der Waals surface area contributed by atoms with Gasteiger partial charge in [-0.25, -0.2) is 4.98 Å². The molecular weight excluding hydrogens is 520 g/mol. The Balaban J connectivity index is 1.45. The van der Waals surface area contributed by atoms with Crippen molar-refractivity contribution < 1.29 is 14.3 Å². The molecule has 0 radical (unpaired) electrons. The van der Waals surface area contributed by atoms with Gasteiger partial charge >= 0.3 is 0 Å². The van der Waals surface area contributed by atoms with Gasteiger partial charge in [0.15, 0.2) is 5.82 Å². The number of rotatable bonds is 8. The molecule has 39 heavy (non-hydrogen) atoms. The number of carbonyl (C=O) groups is 2. The van der Waals surface area contributed by atoms with Crippen LogP contribution in [0.3, 0.4) is 0 Å². The largest absolute Gasteiger partial charge is 0.497 e. The first-order valence-electron chi connectivity index (χ1n) is 12.8. The molecule has 204 valence electrons. The second-order valence-electron chi connectivity index (χ2n) is 9.68. The van der Waals surface area contributed by atoms with Crippen molar-refractivity contribution in [1.29, 1.82) is 0 Å². The van der Waals surface area contributed by atoms with Crippen LogP contribution in [0.1, 0.15) is 51.4 Å². The number of amides is 2. The highest BCUT2D eigenvalue weighted by Gasteiger charge is 2.37. The number of nitrogen functional groups attached to an aromatic ring is 1. The number of fused-ring (bicyclic) bond motifs is 1. The summed E-state index contributed by atoms with van der Waals surface area (Å²) in [6.45, 7) is 7.38. The molecule has 0 bridgehead atoms. The zero-order valence-electron chi connectivity index (χ0n) is 22.2. The van der Waals surface area contributed by atoms with Crippen molar-refractivity contribution in [2.45, 2.75) is 33.2 Å². The Morgan fingerprint density at radius 2 is 2.05 bits per heavy atom. The predicted octanol–water partition coefficient (Wildman–Crippen LogP) is 2.97. The maximum atomic E-state index is 13.7. The topological polar surface area (TPSA) is 142 Å². The van der Waals surface area contributed by atoms with Crippen LogP contribution in [0, 0.1) is 13.8 Å². The van der Waals surface area contributed by atoms with E-state index in [1.165, 1.54) is 17.7 Å². The number of aryl methyl sites for hydroxylation is 1. The number of H-pyrrole nitrogens is 1. The Hall–Kier alpha value is -3.96. The number of anilines is 2. The van der Waals surface area contributed by atoms with Gasteiger partial charge in [0.25, 0.3) is 11.8 Å². The van der Waals surface area contributed by atoms with Crippen molar-refractivity contribution in [2.75, 3.05) is 43.9 Å². The van der Waals surface area contributed by atoms with E-state index >= 15 is 0 Å². The van der Waals surface area contributed by atoms with E-state index in [1.807, 2.05) is 13.8 Å². The second-order valence-corrected chi connectivity index (χ2v) is 10.0. The van der Waals surface area contributed by atoms with E-state index in [2.05, 4.69) is 30.2 Å². The lowest BCUT2D eigenvalue weighted by molar-refractivity contribution is -0.113. The van der Waals surface area contributed by atoms with Crippen LogP contribution < -0.4 is 20.7 Å². The van der Waals surface area contributed by atoms with Gasteiger partial charge in [0.1, 0.15) is 10.9 Å². The molecule has 0 atom stereocenters. The summed E-state index contributed by atoms with van der Waals surface area (Å²) in [7, 11) is 1.56. The van der Waals surface area contributed by atoms with E-state index in [4.69, 9.17) is 22.1 Å². The van der Waals surface area contributed by atoms with Crippen LogP contribution in [0.5, 0.6) is 5.75 Å². The average molecular weight is 551 g/mol. The summed E-state index contributed by atoms with van der Waals surface area (Å²) >= 11 is 6.49. The lowest BCUT2D eigenvalue weighted by atomic mass is 10.1. The number of nitrogens with zero attached hydrogens (tertiary/aromatic N) is 5. The number of carbonyl (C=O) groups excluding carboxylic acids is 2. The Kier molecular flexibility index (Phi) is 7.53. The van der Waals surface area contributed by atoms with Gasteiger partial charge in [-0.3, -0.25) is 19.5 Å². The summed E-state index contributed by atoms with van der Waals surface area (Å²) < 4.78 is 5.29. The molecule has 5 heterocycles. The highest BCUT2D eigenvalue weighted by atomic mass is 35.5. The quantitative estimate of drug-likeness (QED) is 0.287. The highest BCUT2D eigenvalue weighted by Crippen LogP contribution is 2.41. The first kappa shape index (κ1) is 26.6. The third-order valence-electron chi connectivity index (χ3n) is 7.11. The molecule has 0 saturated carbocycles. The van der Waals surface area contributed by atoms with Gasteiger partial charge in [-0.05, 0) is 57.5 Å². The molecule has 3 aromatic rings. The fourth-order valence-electron chi connectivity index (χ4n) is 5.15. The van der Waals surface area contributed by atoms with Gasteiger partial charge in [0.05, 0.1) is 36.0 Å². The molecule has 0 aromatic carbocycles. The SMILES string of the molecule is COc1ccnc(CN2C(=O)/C(=C\c3[nH]c(C)c(C(=O)NCCN4CCCC4)c3C)c3c(Cl)nc(N)nc32)c1. The van der Waals surface area contributed by atoms with E-state index in [1.54, 1.807) is 31.5 Å². The predicted molar refractivity (Wildman–Crippen MR) is 150 cm³/mol. The molecule has 4 N–H and O–H groups in total. The maximum Gasteiger partial charge on any atom is 0.260 e. The lowest BCUT2D eigenvalue weighted by Crippen LogP contribution is -2.33. The molecule has 0 unspecified atom stereocenters. The van der Waals surface area contributed by atoms with Crippen LogP contribution >= 0.6 is 11.6 Å². The van der Waals surface area contributed by atoms with Gasteiger partial charge in [0, 0.05) is 36.7 Å². The number of methoxy groups -OCH3 is 1. The Morgan fingerprint density at radius 3 is 2.79 bits per heavy atom. The van der Waals surface area contributed by atoms with Gasteiger partial charge in [-0.2, -0.15) is 4.98 Å².